The average molecular weight is 349 g/mol. The molecule has 0 radical (unpaired) electrons. The molecule has 0 aliphatic carbocycles. The summed E-state index contributed by atoms with van der Waals surface area (Å²) in [5, 5.41) is 11.2. The standard InChI is InChI=1S/C20H19N3O3/c1-13-18(24)22(12-11-14-7-3-2-4-8-14)20(26)17-21-16-10-6-5-9-15(16)19(25)23(13)17/h2-10,13,20,26H,11-12H2,1H3/t13-,20+/m0/s1. The van der Waals surface area contributed by atoms with Crippen LogP contribution in [0.3, 0.4) is 0 Å². The molecule has 1 aromatic heterocycles. The lowest BCUT2D eigenvalue weighted by atomic mass is 10.1. The topological polar surface area (TPSA) is 75.4 Å². The lowest BCUT2D eigenvalue weighted by molar-refractivity contribution is -0.150. The van der Waals surface area contributed by atoms with Gasteiger partial charge in [-0.3, -0.25) is 14.2 Å². The van der Waals surface area contributed by atoms with Crippen molar-refractivity contribution >= 4 is 16.8 Å². The average Bonchev–Trinajstić information content (AvgIpc) is 2.67. The summed E-state index contributed by atoms with van der Waals surface area (Å²) >= 11 is 0. The van der Waals surface area contributed by atoms with Crippen molar-refractivity contribution in [3.05, 3.63) is 76.3 Å². The molecule has 2 atom stereocenters. The second kappa shape index (κ2) is 6.38. The Bertz CT molecular complexity index is 1030. The highest BCUT2D eigenvalue weighted by Crippen LogP contribution is 2.28. The maximum absolute atomic E-state index is 12.8. The number of hydrogen-bond acceptors (Lipinski definition) is 4. The van der Waals surface area contributed by atoms with Crippen molar-refractivity contribution < 1.29 is 9.90 Å². The van der Waals surface area contributed by atoms with Crippen molar-refractivity contribution in [1.29, 1.82) is 0 Å². The number of aliphatic hydroxyl groups is 1. The van der Waals surface area contributed by atoms with E-state index in [0.29, 0.717) is 23.9 Å². The van der Waals surface area contributed by atoms with E-state index in [4.69, 9.17) is 0 Å². The smallest absolute Gasteiger partial charge is 0.262 e. The van der Waals surface area contributed by atoms with Gasteiger partial charge < -0.3 is 10.0 Å². The van der Waals surface area contributed by atoms with E-state index in [1.54, 1.807) is 31.2 Å². The van der Waals surface area contributed by atoms with Gasteiger partial charge in [0.25, 0.3) is 5.56 Å². The van der Waals surface area contributed by atoms with Gasteiger partial charge in [0.15, 0.2) is 12.1 Å². The number of para-hydroxylation sites is 1. The van der Waals surface area contributed by atoms with E-state index in [1.807, 2.05) is 30.3 Å². The molecule has 0 unspecified atom stereocenters. The van der Waals surface area contributed by atoms with Crippen LogP contribution in [0.15, 0.2) is 59.4 Å². The van der Waals surface area contributed by atoms with Gasteiger partial charge in [-0.25, -0.2) is 4.98 Å². The molecule has 0 spiro atoms. The molecular weight excluding hydrogens is 330 g/mol. The Kier molecular flexibility index (Phi) is 4.05. The first-order valence-corrected chi connectivity index (χ1v) is 8.61. The van der Waals surface area contributed by atoms with E-state index in [2.05, 4.69) is 4.98 Å². The molecule has 6 heteroatoms. The van der Waals surface area contributed by atoms with E-state index in [1.165, 1.54) is 9.47 Å². The first kappa shape index (κ1) is 16.5. The summed E-state index contributed by atoms with van der Waals surface area (Å²) in [6.07, 6.45) is -0.617. The summed E-state index contributed by atoms with van der Waals surface area (Å²) in [6.45, 7) is 2.03. The Hall–Kier alpha value is -2.99. The maximum Gasteiger partial charge on any atom is 0.262 e. The Labute approximate surface area is 150 Å². The van der Waals surface area contributed by atoms with Crippen molar-refractivity contribution in [2.45, 2.75) is 25.6 Å². The Morgan fingerprint density at radius 2 is 1.73 bits per heavy atom. The van der Waals surface area contributed by atoms with E-state index in [-0.39, 0.29) is 17.3 Å². The number of hydrogen-bond donors (Lipinski definition) is 1. The minimum absolute atomic E-state index is 0.217. The van der Waals surface area contributed by atoms with Crippen molar-refractivity contribution in [2.24, 2.45) is 0 Å². The highest BCUT2D eigenvalue weighted by Gasteiger charge is 2.38. The molecular formula is C20H19N3O3. The van der Waals surface area contributed by atoms with Gasteiger partial charge in [-0.1, -0.05) is 42.5 Å². The summed E-state index contributed by atoms with van der Waals surface area (Å²) in [7, 11) is 0. The first-order chi connectivity index (χ1) is 12.6. The molecule has 2 aromatic carbocycles. The van der Waals surface area contributed by atoms with E-state index in [9.17, 15) is 14.7 Å². The summed E-state index contributed by atoms with van der Waals surface area (Å²) in [5.74, 6) is -0.0611. The third-order valence-corrected chi connectivity index (χ3v) is 4.87. The van der Waals surface area contributed by atoms with Gasteiger partial charge >= 0.3 is 0 Å². The number of nitrogens with zero attached hydrogens (tertiary/aromatic N) is 3. The van der Waals surface area contributed by atoms with Gasteiger partial charge in [0, 0.05) is 6.54 Å². The number of aromatic nitrogens is 2. The van der Waals surface area contributed by atoms with Crippen LogP contribution in [0.4, 0.5) is 0 Å². The summed E-state index contributed by atoms with van der Waals surface area (Å²) in [6, 6.07) is 16.0. The lowest BCUT2D eigenvalue weighted by Gasteiger charge is -2.37. The van der Waals surface area contributed by atoms with Crippen LogP contribution < -0.4 is 5.56 Å². The molecule has 3 aromatic rings. The fourth-order valence-corrected chi connectivity index (χ4v) is 3.46. The number of carbonyl (C=O) groups excluding carboxylic acids is 1. The quantitative estimate of drug-likeness (QED) is 0.785. The summed E-state index contributed by atoms with van der Waals surface area (Å²) < 4.78 is 1.31. The van der Waals surface area contributed by atoms with Crippen LogP contribution in [0.1, 0.15) is 30.6 Å². The second-order valence-corrected chi connectivity index (χ2v) is 6.48. The van der Waals surface area contributed by atoms with Gasteiger partial charge in [-0.2, -0.15) is 0 Å². The number of carbonyl (C=O) groups is 1. The van der Waals surface area contributed by atoms with Gasteiger partial charge in [0.1, 0.15) is 6.04 Å². The van der Waals surface area contributed by atoms with Crippen LogP contribution in [-0.2, 0) is 11.2 Å². The minimum atomic E-state index is -1.24. The van der Waals surface area contributed by atoms with Crippen LogP contribution >= 0.6 is 0 Å². The Balaban J connectivity index is 1.74. The zero-order chi connectivity index (χ0) is 18.3. The van der Waals surface area contributed by atoms with Crippen molar-refractivity contribution in [3.63, 3.8) is 0 Å². The summed E-state index contributed by atoms with van der Waals surface area (Å²) in [4.78, 5) is 31.5. The van der Waals surface area contributed by atoms with Gasteiger partial charge in [-0.15, -0.1) is 0 Å². The van der Waals surface area contributed by atoms with E-state index in [0.717, 1.165) is 5.56 Å². The molecule has 0 saturated carbocycles. The maximum atomic E-state index is 12.8. The molecule has 6 nitrogen and oxygen atoms in total. The molecule has 4 rings (SSSR count). The zero-order valence-corrected chi connectivity index (χ0v) is 14.4. The third-order valence-electron chi connectivity index (χ3n) is 4.87. The van der Waals surface area contributed by atoms with Crippen molar-refractivity contribution in [2.75, 3.05) is 6.54 Å². The third kappa shape index (κ3) is 2.59. The molecule has 0 bridgehead atoms. The molecule has 1 amide bonds. The molecule has 26 heavy (non-hydrogen) atoms. The molecule has 0 saturated heterocycles. The van der Waals surface area contributed by atoms with Gasteiger partial charge in [0.2, 0.25) is 5.91 Å². The SMILES string of the molecule is C[C@H]1C(=O)N(CCc2ccccc2)[C@H](O)c2nc3ccccc3c(=O)n21. The van der Waals surface area contributed by atoms with Crippen LogP contribution in [0.5, 0.6) is 0 Å². The zero-order valence-electron chi connectivity index (χ0n) is 14.4. The van der Waals surface area contributed by atoms with Crippen LogP contribution in [-0.4, -0.2) is 32.0 Å². The largest absolute Gasteiger partial charge is 0.367 e. The van der Waals surface area contributed by atoms with E-state index >= 15 is 0 Å². The number of aliphatic hydroxyl groups excluding tert-OH is 1. The van der Waals surface area contributed by atoms with Crippen molar-refractivity contribution in [3.8, 4) is 0 Å². The molecule has 1 aliphatic heterocycles. The molecule has 132 valence electrons. The number of amides is 1. The number of fused-ring (bicyclic) bond motifs is 2. The predicted molar refractivity (Wildman–Crippen MR) is 97.5 cm³/mol. The Morgan fingerprint density at radius 3 is 2.50 bits per heavy atom. The molecule has 0 fully saturated rings. The lowest BCUT2D eigenvalue weighted by Crippen LogP contribution is -2.49. The van der Waals surface area contributed by atoms with Gasteiger partial charge in [-0.05, 0) is 31.0 Å². The molecule has 1 aliphatic rings. The fraction of sp³-hybridized carbons (Fsp3) is 0.250. The number of benzene rings is 2. The molecule has 2 heterocycles. The van der Waals surface area contributed by atoms with E-state index < -0.39 is 12.3 Å². The Morgan fingerprint density at radius 1 is 1.04 bits per heavy atom. The van der Waals surface area contributed by atoms with Crippen LogP contribution in [0.2, 0.25) is 0 Å². The molecule has 1 N–H and O–H groups in total. The van der Waals surface area contributed by atoms with Crippen LogP contribution in [0, 0.1) is 0 Å². The monoisotopic (exact) mass is 349 g/mol. The second-order valence-electron chi connectivity index (χ2n) is 6.48. The van der Waals surface area contributed by atoms with Crippen molar-refractivity contribution in [1.82, 2.24) is 14.5 Å². The summed E-state index contributed by atoms with van der Waals surface area (Å²) in [5.41, 5.74) is 1.30. The minimum Gasteiger partial charge on any atom is -0.367 e. The normalized spacial score (nSPS) is 19.6. The number of rotatable bonds is 3. The highest BCUT2D eigenvalue weighted by molar-refractivity contribution is 5.83. The van der Waals surface area contributed by atoms with Crippen LogP contribution in [0.25, 0.3) is 10.9 Å². The first-order valence-electron chi connectivity index (χ1n) is 8.61. The van der Waals surface area contributed by atoms with Gasteiger partial charge in [0.05, 0.1) is 10.9 Å². The highest BCUT2D eigenvalue weighted by atomic mass is 16.3. The predicted octanol–water partition coefficient (Wildman–Crippen LogP) is 2.03. The fourth-order valence-electron chi connectivity index (χ4n) is 3.46.